The van der Waals surface area contributed by atoms with Gasteiger partial charge in [0.25, 0.3) is 5.91 Å². The molecular weight excluding hydrogens is 450 g/mol. The van der Waals surface area contributed by atoms with Gasteiger partial charge in [0.05, 0.1) is 0 Å². The van der Waals surface area contributed by atoms with E-state index in [0.717, 1.165) is 12.0 Å². The van der Waals surface area contributed by atoms with Crippen molar-refractivity contribution in [2.45, 2.75) is 45.3 Å². The summed E-state index contributed by atoms with van der Waals surface area (Å²) in [7, 11) is 0. The van der Waals surface area contributed by atoms with Gasteiger partial charge in [0.2, 0.25) is 5.91 Å². The first-order valence-electron chi connectivity index (χ1n) is 11.6. The Morgan fingerprint density at radius 1 is 0.914 bits per heavy atom. The summed E-state index contributed by atoms with van der Waals surface area (Å²) in [6.07, 6.45) is 1.00. The molecule has 0 saturated heterocycles. The molecule has 7 heteroatoms. The van der Waals surface area contributed by atoms with Gasteiger partial charge < -0.3 is 15.0 Å². The fourth-order valence-corrected chi connectivity index (χ4v) is 3.57. The first-order chi connectivity index (χ1) is 16.9. The molecule has 0 saturated carbocycles. The molecule has 0 aliphatic rings. The van der Waals surface area contributed by atoms with Crippen LogP contribution in [-0.2, 0) is 22.6 Å². The summed E-state index contributed by atoms with van der Waals surface area (Å²) in [6.45, 7) is 3.46. The number of hydrogen-bond donors (Lipinski definition) is 1. The van der Waals surface area contributed by atoms with E-state index in [2.05, 4.69) is 5.32 Å². The average Bonchev–Trinajstić information content (AvgIpc) is 2.87. The summed E-state index contributed by atoms with van der Waals surface area (Å²) < 4.78 is 33.0. The minimum atomic E-state index is -0.854. The van der Waals surface area contributed by atoms with Crippen LogP contribution in [0.25, 0.3) is 0 Å². The highest BCUT2D eigenvalue weighted by Crippen LogP contribution is 2.18. The molecule has 1 N–H and O–H groups in total. The number of rotatable bonds is 11. The maximum absolute atomic E-state index is 14.0. The number of nitrogens with zero attached hydrogens (tertiary/aromatic N) is 1. The van der Waals surface area contributed by atoms with Gasteiger partial charge in [0.1, 0.15) is 11.9 Å². The zero-order chi connectivity index (χ0) is 25.2. The Balaban J connectivity index is 1.91. The van der Waals surface area contributed by atoms with Crippen LogP contribution in [-0.4, -0.2) is 35.4 Å². The van der Waals surface area contributed by atoms with Crippen molar-refractivity contribution < 1.29 is 23.1 Å². The number of ether oxygens (including phenoxy) is 1. The van der Waals surface area contributed by atoms with Crippen molar-refractivity contribution in [1.82, 2.24) is 10.2 Å². The van der Waals surface area contributed by atoms with E-state index in [1.54, 1.807) is 18.2 Å². The molecule has 0 aromatic heterocycles. The number of nitrogens with one attached hydrogen (secondary N) is 1. The molecule has 3 aromatic carbocycles. The van der Waals surface area contributed by atoms with Gasteiger partial charge in [-0.3, -0.25) is 9.59 Å². The molecule has 0 spiro atoms. The van der Waals surface area contributed by atoms with Crippen molar-refractivity contribution >= 4 is 11.8 Å². The first-order valence-corrected chi connectivity index (χ1v) is 11.6. The Morgan fingerprint density at radius 3 is 2.23 bits per heavy atom. The molecule has 0 bridgehead atoms. The van der Waals surface area contributed by atoms with Crippen molar-refractivity contribution in [2.24, 2.45) is 0 Å². The Kier molecular flexibility index (Phi) is 9.35. The molecule has 0 unspecified atom stereocenters. The molecule has 3 rings (SSSR count). The molecule has 3 aromatic rings. The summed E-state index contributed by atoms with van der Waals surface area (Å²) in [5.41, 5.74) is 1.53. The fourth-order valence-electron chi connectivity index (χ4n) is 3.57. The molecule has 35 heavy (non-hydrogen) atoms. The third-order valence-corrected chi connectivity index (χ3v) is 5.73. The lowest BCUT2D eigenvalue weighted by atomic mass is 10.0. The van der Waals surface area contributed by atoms with E-state index < -0.39 is 30.2 Å². The second-order valence-corrected chi connectivity index (χ2v) is 8.39. The minimum Gasteiger partial charge on any atom is -0.481 e. The van der Waals surface area contributed by atoms with E-state index in [-0.39, 0.29) is 30.7 Å². The molecular formula is C28H30F2N2O3. The second kappa shape index (κ2) is 12.6. The summed E-state index contributed by atoms with van der Waals surface area (Å²) in [5.74, 6) is -1.82. The first kappa shape index (κ1) is 25.9. The van der Waals surface area contributed by atoms with Crippen molar-refractivity contribution in [3.8, 4) is 5.75 Å². The lowest BCUT2D eigenvalue weighted by Crippen LogP contribution is -2.53. The van der Waals surface area contributed by atoms with E-state index in [4.69, 9.17) is 4.74 Å². The molecule has 184 valence electrons. The van der Waals surface area contributed by atoms with E-state index in [9.17, 15) is 18.4 Å². The van der Waals surface area contributed by atoms with Gasteiger partial charge in [-0.25, -0.2) is 8.78 Å². The van der Waals surface area contributed by atoms with Crippen LogP contribution in [0.15, 0.2) is 78.9 Å². The van der Waals surface area contributed by atoms with Crippen LogP contribution in [0.4, 0.5) is 8.78 Å². The lowest BCUT2D eigenvalue weighted by molar-refractivity contribution is -0.143. The van der Waals surface area contributed by atoms with E-state index in [0.29, 0.717) is 5.56 Å². The SMILES string of the molecule is CC[C@@H](C)NC(=O)[C@@H](Cc1ccccc1)N(Cc1ccc(F)cc1)C(=O)COc1ccccc1F. The van der Waals surface area contributed by atoms with Gasteiger partial charge in [-0.1, -0.05) is 61.5 Å². The van der Waals surface area contributed by atoms with Crippen LogP contribution >= 0.6 is 0 Å². The number of carbonyl (C=O) groups excluding carboxylic acids is 2. The summed E-state index contributed by atoms with van der Waals surface area (Å²) in [5, 5.41) is 2.97. The van der Waals surface area contributed by atoms with Crippen LogP contribution in [0.1, 0.15) is 31.4 Å². The number of amides is 2. The topological polar surface area (TPSA) is 58.6 Å². The number of para-hydroxylation sites is 1. The van der Waals surface area contributed by atoms with E-state index in [1.807, 2.05) is 44.2 Å². The minimum absolute atomic E-state index is 0.0498. The van der Waals surface area contributed by atoms with Crippen LogP contribution in [0.5, 0.6) is 5.75 Å². The second-order valence-electron chi connectivity index (χ2n) is 8.39. The summed E-state index contributed by atoms with van der Waals surface area (Å²) >= 11 is 0. The van der Waals surface area contributed by atoms with Gasteiger partial charge in [-0.15, -0.1) is 0 Å². The van der Waals surface area contributed by atoms with Crippen molar-refractivity contribution in [3.05, 3.63) is 102 Å². The maximum Gasteiger partial charge on any atom is 0.261 e. The third kappa shape index (κ3) is 7.64. The number of halogens is 2. The lowest BCUT2D eigenvalue weighted by Gasteiger charge is -2.32. The zero-order valence-corrected chi connectivity index (χ0v) is 19.9. The standard InChI is InChI=1S/C28H30F2N2O3/c1-3-20(2)31-28(34)25(17-21-9-5-4-6-10-21)32(18-22-13-15-23(29)16-14-22)27(33)19-35-26-12-8-7-11-24(26)30/h4-16,20,25H,3,17-19H2,1-2H3,(H,31,34)/t20-,25-/m1/s1. The quantitative estimate of drug-likeness (QED) is 0.425. The third-order valence-electron chi connectivity index (χ3n) is 5.73. The van der Waals surface area contributed by atoms with Gasteiger partial charge in [0, 0.05) is 19.0 Å². The van der Waals surface area contributed by atoms with Crippen molar-refractivity contribution in [3.63, 3.8) is 0 Å². The highest BCUT2D eigenvalue weighted by molar-refractivity contribution is 5.88. The number of hydrogen-bond acceptors (Lipinski definition) is 3. The molecule has 2 atom stereocenters. The van der Waals surface area contributed by atoms with Gasteiger partial charge in [-0.2, -0.15) is 0 Å². The van der Waals surface area contributed by atoms with Crippen LogP contribution in [0.2, 0.25) is 0 Å². The Bertz CT molecular complexity index is 1110. The summed E-state index contributed by atoms with van der Waals surface area (Å²) in [6, 6.07) is 20.0. The normalized spacial score (nSPS) is 12.5. The molecule has 0 fully saturated rings. The number of carbonyl (C=O) groups is 2. The van der Waals surface area contributed by atoms with Gasteiger partial charge >= 0.3 is 0 Å². The van der Waals surface area contributed by atoms with Gasteiger partial charge in [0.15, 0.2) is 18.2 Å². The smallest absolute Gasteiger partial charge is 0.261 e. The molecule has 0 heterocycles. The molecule has 0 radical (unpaired) electrons. The van der Waals surface area contributed by atoms with Gasteiger partial charge in [-0.05, 0) is 48.7 Å². The van der Waals surface area contributed by atoms with E-state index >= 15 is 0 Å². The Morgan fingerprint density at radius 2 is 1.57 bits per heavy atom. The Labute approximate surface area is 204 Å². The molecule has 2 amide bonds. The molecule has 0 aliphatic carbocycles. The molecule has 5 nitrogen and oxygen atoms in total. The fraction of sp³-hybridized carbons (Fsp3) is 0.286. The summed E-state index contributed by atoms with van der Waals surface area (Å²) in [4.78, 5) is 28.2. The predicted octanol–water partition coefficient (Wildman–Crippen LogP) is 4.90. The van der Waals surface area contributed by atoms with Crippen molar-refractivity contribution in [2.75, 3.05) is 6.61 Å². The zero-order valence-electron chi connectivity index (χ0n) is 19.9. The maximum atomic E-state index is 14.0. The highest BCUT2D eigenvalue weighted by Gasteiger charge is 2.31. The monoisotopic (exact) mass is 480 g/mol. The van der Waals surface area contributed by atoms with Crippen LogP contribution in [0, 0.1) is 11.6 Å². The van der Waals surface area contributed by atoms with Crippen LogP contribution in [0.3, 0.4) is 0 Å². The van der Waals surface area contributed by atoms with Crippen LogP contribution < -0.4 is 10.1 Å². The Hall–Kier alpha value is -3.74. The largest absolute Gasteiger partial charge is 0.481 e. The number of benzene rings is 3. The highest BCUT2D eigenvalue weighted by atomic mass is 19.1. The molecule has 0 aliphatic heterocycles. The van der Waals surface area contributed by atoms with E-state index in [1.165, 1.54) is 35.2 Å². The average molecular weight is 481 g/mol. The van der Waals surface area contributed by atoms with Crippen molar-refractivity contribution in [1.29, 1.82) is 0 Å². The predicted molar refractivity (Wildman–Crippen MR) is 131 cm³/mol.